The van der Waals surface area contributed by atoms with Gasteiger partial charge < -0.3 is 14.2 Å². The van der Waals surface area contributed by atoms with Gasteiger partial charge in [-0.2, -0.15) is 0 Å². The van der Waals surface area contributed by atoms with Gasteiger partial charge in [-0.15, -0.1) is 0 Å². The Hall–Kier alpha value is -1.10. The van der Waals surface area contributed by atoms with Gasteiger partial charge in [-0.05, 0) is 44.2 Å². The van der Waals surface area contributed by atoms with E-state index in [1.165, 1.54) is 30.4 Å². The van der Waals surface area contributed by atoms with Crippen LogP contribution in [0.2, 0.25) is 0 Å². The molecule has 142 valence electrons. The van der Waals surface area contributed by atoms with Crippen LogP contribution >= 0.6 is 0 Å². The number of likely N-dealkylation sites (tertiary alicyclic amines) is 1. The predicted molar refractivity (Wildman–Crippen MR) is 101 cm³/mol. The molecule has 4 nitrogen and oxygen atoms in total. The molecule has 0 bridgehead atoms. The van der Waals surface area contributed by atoms with Crippen LogP contribution in [0.4, 0.5) is 0 Å². The van der Waals surface area contributed by atoms with Crippen LogP contribution in [0.1, 0.15) is 55.8 Å². The molecule has 0 aliphatic carbocycles. The van der Waals surface area contributed by atoms with Crippen molar-refractivity contribution in [3.63, 3.8) is 0 Å². The molecule has 0 radical (unpaired) electrons. The SMILES string of the molecule is Cc1ccc2c(c1)OC1(CCN(C3CCOCC3)CC1)[C@H]1CCCO[C@H]21. The van der Waals surface area contributed by atoms with Crippen molar-refractivity contribution in [3.8, 4) is 5.75 Å². The Labute approximate surface area is 156 Å². The predicted octanol–water partition coefficient (Wildman–Crippen LogP) is 3.87. The summed E-state index contributed by atoms with van der Waals surface area (Å²) in [7, 11) is 0. The van der Waals surface area contributed by atoms with Crippen molar-refractivity contribution in [3.05, 3.63) is 29.3 Å². The molecule has 1 aromatic carbocycles. The van der Waals surface area contributed by atoms with Gasteiger partial charge in [0.25, 0.3) is 0 Å². The van der Waals surface area contributed by atoms with Gasteiger partial charge in [0, 0.05) is 63.3 Å². The molecule has 0 N–H and O–H groups in total. The second-order valence-corrected chi connectivity index (χ2v) is 8.63. The average molecular weight is 357 g/mol. The molecule has 4 aliphatic rings. The van der Waals surface area contributed by atoms with Gasteiger partial charge in [0.1, 0.15) is 11.4 Å². The molecule has 0 saturated carbocycles. The highest BCUT2D eigenvalue weighted by Gasteiger charge is 2.52. The molecule has 3 saturated heterocycles. The number of hydrogen-bond donors (Lipinski definition) is 0. The third kappa shape index (κ3) is 2.87. The zero-order valence-corrected chi connectivity index (χ0v) is 15.9. The van der Waals surface area contributed by atoms with Crippen molar-refractivity contribution in [2.24, 2.45) is 5.92 Å². The van der Waals surface area contributed by atoms with Crippen LogP contribution in [-0.2, 0) is 9.47 Å². The maximum absolute atomic E-state index is 6.82. The lowest BCUT2D eigenvalue weighted by Crippen LogP contribution is -2.58. The van der Waals surface area contributed by atoms with E-state index in [4.69, 9.17) is 14.2 Å². The minimum Gasteiger partial charge on any atom is -0.486 e. The van der Waals surface area contributed by atoms with E-state index in [-0.39, 0.29) is 11.7 Å². The zero-order chi connectivity index (χ0) is 17.6. The normalized spacial score (nSPS) is 31.9. The van der Waals surface area contributed by atoms with Crippen LogP contribution < -0.4 is 4.74 Å². The van der Waals surface area contributed by atoms with Crippen LogP contribution in [0.3, 0.4) is 0 Å². The van der Waals surface area contributed by atoms with E-state index in [1.807, 2.05) is 0 Å². The van der Waals surface area contributed by atoms with Gasteiger partial charge in [-0.1, -0.05) is 12.1 Å². The minimum absolute atomic E-state index is 0.0342. The summed E-state index contributed by atoms with van der Waals surface area (Å²) < 4.78 is 18.7. The highest BCUT2D eigenvalue weighted by Crippen LogP contribution is 2.53. The first kappa shape index (κ1) is 17.0. The Balaban J connectivity index is 1.39. The van der Waals surface area contributed by atoms with Gasteiger partial charge in [-0.3, -0.25) is 4.90 Å². The van der Waals surface area contributed by atoms with Gasteiger partial charge in [0.2, 0.25) is 0 Å². The Morgan fingerprint density at radius 1 is 1.04 bits per heavy atom. The highest BCUT2D eigenvalue weighted by atomic mass is 16.5. The molecular weight excluding hydrogens is 326 g/mol. The van der Waals surface area contributed by atoms with Gasteiger partial charge in [-0.25, -0.2) is 0 Å². The summed E-state index contributed by atoms with van der Waals surface area (Å²) in [6, 6.07) is 7.36. The Bertz CT molecular complexity index is 647. The molecule has 0 amide bonds. The standard InChI is InChI=1S/C22H31NO3/c1-16-4-5-18-20(15-16)26-22(19-3-2-12-25-21(18)19)8-10-23(11-9-22)17-6-13-24-14-7-17/h4-5,15,17,19,21H,2-3,6-14H2,1H3/t19-,21+/m0/s1. The number of benzene rings is 1. The lowest BCUT2D eigenvalue weighted by molar-refractivity contribution is -0.153. The van der Waals surface area contributed by atoms with Crippen molar-refractivity contribution in [2.75, 3.05) is 32.9 Å². The van der Waals surface area contributed by atoms with Crippen molar-refractivity contribution in [1.29, 1.82) is 0 Å². The van der Waals surface area contributed by atoms with E-state index in [9.17, 15) is 0 Å². The average Bonchev–Trinajstić information content (AvgIpc) is 2.69. The molecule has 26 heavy (non-hydrogen) atoms. The van der Waals surface area contributed by atoms with Gasteiger partial charge in [0.15, 0.2) is 0 Å². The van der Waals surface area contributed by atoms with Crippen LogP contribution in [0.15, 0.2) is 18.2 Å². The number of rotatable bonds is 1. The Kier molecular flexibility index (Phi) is 4.46. The molecule has 1 spiro atoms. The molecule has 5 rings (SSSR count). The van der Waals surface area contributed by atoms with E-state index >= 15 is 0 Å². The first-order valence-electron chi connectivity index (χ1n) is 10.5. The topological polar surface area (TPSA) is 30.9 Å². The summed E-state index contributed by atoms with van der Waals surface area (Å²) in [4.78, 5) is 2.70. The fraction of sp³-hybridized carbons (Fsp3) is 0.727. The van der Waals surface area contributed by atoms with E-state index in [0.717, 1.165) is 57.9 Å². The first-order valence-corrected chi connectivity index (χ1v) is 10.5. The molecule has 4 aliphatic heterocycles. The summed E-state index contributed by atoms with van der Waals surface area (Å²) in [6.45, 7) is 7.18. The van der Waals surface area contributed by atoms with Crippen molar-refractivity contribution in [1.82, 2.24) is 4.90 Å². The van der Waals surface area contributed by atoms with Crippen LogP contribution in [0, 0.1) is 12.8 Å². The molecule has 1 aromatic rings. The largest absolute Gasteiger partial charge is 0.486 e. The van der Waals surface area contributed by atoms with E-state index in [0.29, 0.717) is 12.0 Å². The maximum atomic E-state index is 6.82. The molecule has 4 heteroatoms. The molecular formula is C22H31NO3. The highest BCUT2D eigenvalue weighted by molar-refractivity contribution is 5.42. The molecule has 3 fully saturated rings. The molecule has 2 atom stereocenters. The van der Waals surface area contributed by atoms with Crippen LogP contribution in [-0.4, -0.2) is 49.5 Å². The number of fused-ring (bicyclic) bond motifs is 4. The summed E-state index contributed by atoms with van der Waals surface area (Å²) in [5.41, 5.74) is 2.51. The molecule has 0 aromatic heterocycles. The van der Waals surface area contributed by atoms with Crippen molar-refractivity contribution in [2.45, 2.75) is 63.2 Å². The van der Waals surface area contributed by atoms with Crippen LogP contribution in [0.25, 0.3) is 0 Å². The Morgan fingerprint density at radius 3 is 2.65 bits per heavy atom. The number of aryl methyl sites for hydroxylation is 1. The first-order chi connectivity index (χ1) is 12.8. The Morgan fingerprint density at radius 2 is 1.85 bits per heavy atom. The third-order valence-electron chi connectivity index (χ3n) is 7.14. The minimum atomic E-state index is -0.0342. The fourth-order valence-corrected chi connectivity index (χ4v) is 5.68. The number of nitrogens with zero attached hydrogens (tertiary/aromatic N) is 1. The maximum Gasteiger partial charge on any atom is 0.126 e. The second kappa shape index (κ2) is 6.81. The number of ether oxygens (including phenoxy) is 3. The number of hydrogen-bond acceptors (Lipinski definition) is 4. The van der Waals surface area contributed by atoms with Crippen molar-refractivity contribution >= 4 is 0 Å². The second-order valence-electron chi connectivity index (χ2n) is 8.63. The van der Waals surface area contributed by atoms with E-state index in [1.54, 1.807) is 0 Å². The molecule has 4 heterocycles. The summed E-state index contributed by atoms with van der Waals surface area (Å²) >= 11 is 0. The fourth-order valence-electron chi connectivity index (χ4n) is 5.68. The van der Waals surface area contributed by atoms with Crippen LogP contribution in [0.5, 0.6) is 5.75 Å². The quantitative estimate of drug-likeness (QED) is 0.763. The summed E-state index contributed by atoms with van der Waals surface area (Å²) in [5, 5.41) is 0. The third-order valence-corrected chi connectivity index (χ3v) is 7.14. The van der Waals surface area contributed by atoms with E-state index in [2.05, 4.69) is 30.0 Å². The lowest BCUT2D eigenvalue weighted by Gasteiger charge is -2.54. The van der Waals surface area contributed by atoms with E-state index < -0.39 is 0 Å². The monoisotopic (exact) mass is 357 g/mol. The van der Waals surface area contributed by atoms with Gasteiger partial charge >= 0.3 is 0 Å². The zero-order valence-electron chi connectivity index (χ0n) is 15.9. The van der Waals surface area contributed by atoms with Crippen molar-refractivity contribution < 1.29 is 14.2 Å². The molecule has 0 unspecified atom stereocenters. The smallest absolute Gasteiger partial charge is 0.126 e. The summed E-state index contributed by atoms with van der Waals surface area (Å²) in [6.07, 6.45) is 7.25. The lowest BCUT2D eigenvalue weighted by atomic mass is 9.69. The van der Waals surface area contributed by atoms with Gasteiger partial charge in [0.05, 0.1) is 6.10 Å². The summed E-state index contributed by atoms with van der Waals surface area (Å²) in [5.74, 6) is 1.58. The number of piperidine rings is 1.